The lowest BCUT2D eigenvalue weighted by Gasteiger charge is -2.20. The fourth-order valence-electron chi connectivity index (χ4n) is 1.95. The lowest BCUT2D eigenvalue weighted by molar-refractivity contribution is -0.118. The summed E-state index contributed by atoms with van der Waals surface area (Å²) in [6.07, 6.45) is 2.84. The molecular weight excluding hydrogens is 235 g/mol. The summed E-state index contributed by atoms with van der Waals surface area (Å²) in [5, 5.41) is 0.741. The highest BCUT2D eigenvalue weighted by Gasteiger charge is 2.25. The van der Waals surface area contributed by atoms with E-state index in [0.29, 0.717) is 10.3 Å². The molecule has 1 saturated heterocycles. The van der Waals surface area contributed by atoms with E-state index in [-0.39, 0.29) is 6.04 Å². The first kappa shape index (κ1) is 10.7. The van der Waals surface area contributed by atoms with E-state index in [1.807, 2.05) is 0 Å². The van der Waals surface area contributed by atoms with Crippen molar-refractivity contribution in [1.29, 1.82) is 0 Å². The van der Waals surface area contributed by atoms with Crippen LogP contribution in [0.5, 0.6) is 0 Å². The average Bonchev–Trinajstić information content (AvgIpc) is 2.63. The Morgan fingerprint density at radius 3 is 2.67 bits per heavy atom. The maximum absolute atomic E-state index is 10.8. The Labute approximate surface area is 98.0 Å². The molecule has 1 atom stereocenters. The van der Waals surface area contributed by atoms with E-state index in [1.54, 1.807) is 17.0 Å². The Bertz CT molecular complexity index is 363. The van der Waals surface area contributed by atoms with E-state index in [9.17, 15) is 4.79 Å². The number of pyridine rings is 1. The molecule has 0 aliphatic carbocycles. The fourth-order valence-corrected chi connectivity index (χ4v) is 2.43. The largest absolute Gasteiger partial charge is 0.338 e. The van der Waals surface area contributed by atoms with Crippen molar-refractivity contribution in [2.75, 3.05) is 6.54 Å². The Hall–Kier alpha value is -0.800. The van der Waals surface area contributed by atoms with Gasteiger partial charge in [-0.15, -0.1) is 0 Å². The molecule has 0 bridgehead atoms. The molecule has 2 rings (SSSR count). The smallest absolute Gasteiger partial charge is 0.210 e. The van der Waals surface area contributed by atoms with Crippen LogP contribution in [0.3, 0.4) is 0 Å². The molecule has 15 heavy (non-hydrogen) atoms. The van der Waals surface area contributed by atoms with Crippen molar-refractivity contribution in [3.05, 3.63) is 28.0 Å². The van der Waals surface area contributed by atoms with Crippen LogP contribution in [0.15, 0.2) is 12.1 Å². The molecule has 0 spiro atoms. The van der Waals surface area contributed by atoms with Gasteiger partial charge in [0.1, 0.15) is 10.3 Å². The normalized spacial score (nSPS) is 20.7. The van der Waals surface area contributed by atoms with E-state index >= 15 is 0 Å². The SMILES string of the molecule is O=CN1CCC[C@@H]1c1cc(Cl)nc(Cl)c1. The number of amides is 1. The van der Waals surface area contributed by atoms with Gasteiger partial charge < -0.3 is 4.90 Å². The topological polar surface area (TPSA) is 33.2 Å². The van der Waals surface area contributed by atoms with Crippen molar-refractivity contribution in [1.82, 2.24) is 9.88 Å². The molecule has 80 valence electrons. The van der Waals surface area contributed by atoms with Crippen LogP contribution in [0.1, 0.15) is 24.4 Å². The molecule has 0 aromatic carbocycles. The van der Waals surface area contributed by atoms with E-state index < -0.39 is 0 Å². The molecule has 5 heteroatoms. The predicted molar refractivity (Wildman–Crippen MR) is 59.0 cm³/mol. The van der Waals surface area contributed by atoms with Crippen molar-refractivity contribution in [2.45, 2.75) is 18.9 Å². The third kappa shape index (κ3) is 2.24. The second-order valence-electron chi connectivity index (χ2n) is 3.55. The molecule has 1 aromatic heterocycles. The number of aromatic nitrogens is 1. The summed E-state index contributed by atoms with van der Waals surface area (Å²) in [7, 11) is 0. The quantitative estimate of drug-likeness (QED) is 0.592. The number of likely N-dealkylation sites (tertiary alicyclic amines) is 1. The Morgan fingerprint density at radius 1 is 1.40 bits per heavy atom. The zero-order valence-electron chi connectivity index (χ0n) is 7.99. The van der Waals surface area contributed by atoms with E-state index in [1.165, 1.54) is 0 Å². The lowest BCUT2D eigenvalue weighted by atomic mass is 10.1. The second-order valence-corrected chi connectivity index (χ2v) is 4.32. The van der Waals surface area contributed by atoms with Crippen molar-refractivity contribution in [2.24, 2.45) is 0 Å². The Morgan fingerprint density at radius 2 is 2.07 bits per heavy atom. The molecule has 1 aliphatic rings. The number of nitrogens with zero attached hydrogens (tertiary/aromatic N) is 2. The number of rotatable bonds is 2. The molecule has 2 heterocycles. The minimum Gasteiger partial charge on any atom is -0.338 e. The average molecular weight is 245 g/mol. The summed E-state index contributed by atoms with van der Waals surface area (Å²) >= 11 is 11.6. The number of hydrogen-bond acceptors (Lipinski definition) is 2. The van der Waals surface area contributed by atoms with E-state index in [2.05, 4.69) is 4.98 Å². The molecule has 0 N–H and O–H groups in total. The van der Waals surface area contributed by atoms with Crippen LogP contribution in [-0.2, 0) is 4.79 Å². The van der Waals surface area contributed by atoms with Crippen molar-refractivity contribution in [3.63, 3.8) is 0 Å². The molecule has 0 radical (unpaired) electrons. The van der Waals surface area contributed by atoms with Gasteiger partial charge in [0.05, 0.1) is 6.04 Å². The fraction of sp³-hybridized carbons (Fsp3) is 0.400. The van der Waals surface area contributed by atoms with Gasteiger partial charge >= 0.3 is 0 Å². The van der Waals surface area contributed by atoms with Gasteiger partial charge in [0.2, 0.25) is 6.41 Å². The Balaban J connectivity index is 2.32. The number of carbonyl (C=O) groups excluding carboxylic acids is 1. The first-order valence-corrected chi connectivity index (χ1v) is 5.50. The van der Waals surface area contributed by atoms with Crippen LogP contribution < -0.4 is 0 Å². The zero-order chi connectivity index (χ0) is 10.8. The van der Waals surface area contributed by atoms with Crippen LogP contribution in [0.25, 0.3) is 0 Å². The predicted octanol–water partition coefficient (Wildman–Crippen LogP) is 2.68. The highest BCUT2D eigenvalue weighted by Crippen LogP contribution is 2.32. The summed E-state index contributed by atoms with van der Waals surface area (Å²) in [5.74, 6) is 0. The van der Waals surface area contributed by atoms with Gasteiger partial charge in [0.25, 0.3) is 0 Å². The van der Waals surface area contributed by atoms with Crippen LogP contribution in [0.2, 0.25) is 10.3 Å². The minimum atomic E-state index is 0.0977. The maximum atomic E-state index is 10.8. The molecular formula is C10H10Cl2N2O. The summed E-state index contributed by atoms with van der Waals surface area (Å²) in [5.41, 5.74) is 0.963. The second kappa shape index (κ2) is 4.37. The molecule has 0 saturated carbocycles. The summed E-state index contributed by atoms with van der Waals surface area (Å²) in [4.78, 5) is 16.5. The summed E-state index contributed by atoms with van der Waals surface area (Å²) in [6, 6.07) is 3.63. The van der Waals surface area contributed by atoms with Gasteiger partial charge in [-0.05, 0) is 30.5 Å². The molecule has 1 fully saturated rings. The molecule has 1 aliphatic heterocycles. The standard InChI is InChI=1S/C10H10Cl2N2O/c11-9-4-7(5-10(12)13-9)8-2-1-3-14(8)6-15/h4-6,8H,1-3H2/t8-/m1/s1. The summed E-state index contributed by atoms with van der Waals surface area (Å²) in [6.45, 7) is 0.797. The molecule has 0 unspecified atom stereocenters. The Kier molecular flexibility index (Phi) is 3.12. The number of carbonyl (C=O) groups is 1. The van der Waals surface area contributed by atoms with Gasteiger partial charge in [-0.25, -0.2) is 4.98 Å². The third-order valence-electron chi connectivity index (χ3n) is 2.60. The van der Waals surface area contributed by atoms with Gasteiger partial charge in [-0.3, -0.25) is 4.79 Å². The van der Waals surface area contributed by atoms with Gasteiger partial charge in [0.15, 0.2) is 0 Å². The van der Waals surface area contributed by atoms with Crippen LogP contribution >= 0.6 is 23.2 Å². The molecule has 1 amide bonds. The van der Waals surface area contributed by atoms with Crippen molar-refractivity contribution in [3.8, 4) is 0 Å². The van der Waals surface area contributed by atoms with E-state index in [0.717, 1.165) is 31.4 Å². The van der Waals surface area contributed by atoms with Crippen LogP contribution in [0, 0.1) is 0 Å². The minimum absolute atomic E-state index is 0.0977. The van der Waals surface area contributed by atoms with Crippen molar-refractivity contribution < 1.29 is 4.79 Å². The molecule has 3 nitrogen and oxygen atoms in total. The zero-order valence-corrected chi connectivity index (χ0v) is 9.50. The number of hydrogen-bond donors (Lipinski definition) is 0. The maximum Gasteiger partial charge on any atom is 0.210 e. The first-order valence-electron chi connectivity index (χ1n) is 4.75. The van der Waals surface area contributed by atoms with Crippen LogP contribution in [0.4, 0.5) is 0 Å². The number of halogens is 2. The van der Waals surface area contributed by atoms with Gasteiger partial charge in [0, 0.05) is 6.54 Å². The highest BCUT2D eigenvalue weighted by atomic mass is 35.5. The third-order valence-corrected chi connectivity index (χ3v) is 2.99. The lowest BCUT2D eigenvalue weighted by Crippen LogP contribution is -2.21. The highest BCUT2D eigenvalue weighted by molar-refractivity contribution is 6.32. The van der Waals surface area contributed by atoms with Crippen molar-refractivity contribution >= 4 is 29.6 Å². The van der Waals surface area contributed by atoms with E-state index in [4.69, 9.17) is 23.2 Å². The van der Waals surface area contributed by atoms with Crippen LogP contribution in [-0.4, -0.2) is 22.8 Å². The van der Waals surface area contributed by atoms with Gasteiger partial charge in [-0.1, -0.05) is 23.2 Å². The monoisotopic (exact) mass is 244 g/mol. The first-order chi connectivity index (χ1) is 7.20. The summed E-state index contributed by atoms with van der Waals surface area (Å²) < 4.78 is 0. The van der Waals surface area contributed by atoms with Gasteiger partial charge in [-0.2, -0.15) is 0 Å². The molecule has 1 aromatic rings.